The van der Waals surface area contributed by atoms with E-state index in [0.717, 1.165) is 0 Å². The lowest BCUT2D eigenvalue weighted by atomic mass is 10.0. The van der Waals surface area contributed by atoms with Gasteiger partial charge in [-0.15, -0.1) is 5.10 Å². The topological polar surface area (TPSA) is 118 Å². The van der Waals surface area contributed by atoms with Crippen molar-refractivity contribution in [2.75, 3.05) is 25.5 Å². The number of nitrogens with one attached hydrogen (secondary N) is 1. The number of carboxylic acids is 1. The van der Waals surface area contributed by atoms with Gasteiger partial charge in [0.15, 0.2) is 5.15 Å². The minimum Gasteiger partial charge on any atom is -0.495 e. The second-order valence-corrected chi connectivity index (χ2v) is 9.09. The Bertz CT molecular complexity index is 1540. The van der Waals surface area contributed by atoms with Crippen molar-refractivity contribution < 1.29 is 14.6 Å². The van der Waals surface area contributed by atoms with Crippen LogP contribution in [-0.4, -0.2) is 56.0 Å². The first-order chi connectivity index (χ1) is 17.8. The molecule has 0 radical (unpaired) electrons. The molecule has 13 heteroatoms. The molecule has 37 heavy (non-hydrogen) atoms. The lowest BCUT2D eigenvalue weighted by molar-refractivity contribution is 0.0697. The molecule has 0 aliphatic carbocycles. The fourth-order valence-corrected chi connectivity index (χ4v) is 4.39. The number of aromatic carboxylic acids is 1. The summed E-state index contributed by atoms with van der Waals surface area (Å²) >= 11 is 12.2. The van der Waals surface area contributed by atoms with E-state index in [0.29, 0.717) is 46.6 Å². The summed E-state index contributed by atoms with van der Waals surface area (Å²) in [5.74, 6) is -0.529. The van der Waals surface area contributed by atoms with E-state index in [1.165, 1.54) is 28.5 Å². The van der Waals surface area contributed by atoms with Crippen molar-refractivity contribution in [1.29, 1.82) is 0 Å². The lowest BCUT2D eigenvalue weighted by Gasteiger charge is -2.20. The van der Waals surface area contributed by atoms with Crippen LogP contribution in [0.1, 0.15) is 10.4 Å². The van der Waals surface area contributed by atoms with E-state index in [1.54, 1.807) is 42.7 Å². The number of anilines is 1. The zero-order chi connectivity index (χ0) is 26.1. The number of hydrogen-bond acceptors (Lipinski definition) is 8. The van der Waals surface area contributed by atoms with Crippen LogP contribution in [0.5, 0.6) is 5.75 Å². The van der Waals surface area contributed by atoms with E-state index >= 15 is 0 Å². The number of aromatic nitrogens is 4. The number of nitrogens with zero attached hydrogens (tertiary/aromatic N) is 6. The maximum atomic E-state index is 13.2. The highest BCUT2D eigenvalue weighted by Gasteiger charge is 2.22. The Morgan fingerprint density at radius 1 is 1.14 bits per heavy atom. The highest BCUT2D eigenvalue weighted by molar-refractivity contribution is 6.31. The van der Waals surface area contributed by atoms with Crippen LogP contribution in [-0.2, 0) is 6.67 Å². The van der Waals surface area contributed by atoms with E-state index in [2.05, 4.69) is 15.7 Å². The third kappa shape index (κ3) is 5.16. The van der Waals surface area contributed by atoms with Crippen molar-refractivity contribution in [2.45, 2.75) is 6.67 Å². The summed E-state index contributed by atoms with van der Waals surface area (Å²) < 4.78 is 8.69. The lowest BCUT2D eigenvalue weighted by Crippen LogP contribution is -2.32. The second-order valence-electron chi connectivity index (χ2n) is 8.26. The minimum absolute atomic E-state index is 0.197. The first-order valence-corrected chi connectivity index (χ1v) is 11.8. The quantitative estimate of drug-likeness (QED) is 0.363. The normalized spacial score (nSPS) is 13.8. The summed E-state index contributed by atoms with van der Waals surface area (Å²) in [6.07, 6.45) is 3.20. The van der Waals surface area contributed by atoms with Gasteiger partial charge in [-0.25, -0.2) is 14.9 Å². The summed E-state index contributed by atoms with van der Waals surface area (Å²) in [5.41, 5.74) is 5.67. The molecule has 0 saturated carbocycles. The molecule has 3 heterocycles. The Kier molecular flexibility index (Phi) is 6.85. The van der Waals surface area contributed by atoms with E-state index in [4.69, 9.17) is 27.9 Å². The molecular formula is C24H21Cl2N7O4. The number of pyridine rings is 1. The van der Waals surface area contributed by atoms with E-state index < -0.39 is 5.97 Å². The summed E-state index contributed by atoms with van der Waals surface area (Å²) in [7, 11) is 1.53. The third-order valence-electron chi connectivity index (χ3n) is 5.85. The second kappa shape index (κ2) is 10.2. The van der Waals surface area contributed by atoms with Crippen LogP contribution in [0.2, 0.25) is 10.2 Å². The predicted octanol–water partition coefficient (Wildman–Crippen LogP) is 3.31. The molecule has 190 valence electrons. The Hall–Kier alpha value is -3.90. The number of methoxy groups -OCH3 is 1. The van der Waals surface area contributed by atoms with Gasteiger partial charge >= 0.3 is 5.97 Å². The molecule has 2 aromatic heterocycles. The molecule has 0 bridgehead atoms. The molecule has 5 rings (SSSR count). The van der Waals surface area contributed by atoms with Crippen LogP contribution in [0.25, 0.3) is 16.8 Å². The molecule has 1 aliphatic heterocycles. The van der Waals surface area contributed by atoms with Crippen molar-refractivity contribution in [1.82, 2.24) is 29.9 Å². The van der Waals surface area contributed by atoms with Gasteiger partial charge in [-0.2, -0.15) is 0 Å². The van der Waals surface area contributed by atoms with E-state index in [1.807, 2.05) is 16.0 Å². The average molecular weight is 542 g/mol. The number of rotatable bonds is 7. The van der Waals surface area contributed by atoms with Crippen molar-refractivity contribution in [3.05, 3.63) is 87.0 Å². The van der Waals surface area contributed by atoms with Crippen molar-refractivity contribution in [3.8, 4) is 22.6 Å². The van der Waals surface area contributed by atoms with Gasteiger partial charge in [0, 0.05) is 22.2 Å². The van der Waals surface area contributed by atoms with Crippen molar-refractivity contribution in [2.24, 2.45) is 0 Å². The SMILES string of the molecule is COc1cn(CN2CNN(c3cccc(C(=O)O)c3)C2)c(=O)cc1-c1cc(Cl)ccc1-n1cc(Cl)nn1. The van der Waals surface area contributed by atoms with Gasteiger partial charge in [-0.05, 0) is 36.4 Å². The Balaban J connectivity index is 1.42. The number of carboxylic acid groups (broad SMARTS) is 1. The van der Waals surface area contributed by atoms with Gasteiger partial charge in [0.25, 0.3) is 5.56 Å². The molecular weight excluding hydrogens is 521 g/mol. The third-order valence-corrected chi connectivity index (χ3v) is 6.26. The molecule has 1 saturated heterocycles. The largest absolute Gasteiger partial charge is 0.495 e. The summed E-state index contributed by atoms with van der Waals surface area (Å²) in [4.78, 5) is 26.5. The molecule has 1 fully saturated rings. The van der Waals surface area contributed by atoms with Gasteiger partial charge in [0.2, 0.25) is 0 Å². The standard InChI is InChI=1S/C24H21Cl2N7O4/c1-37-21-10-31(13-30-12-27-33(14-30)17-4-2-3-15(7-17)24(35)36)23(34)9-19(21)18-8-16(25)5-6-20(18)32-11-22(26)28-29-32/h2-11,27H,12-14H2,1H3,(H,35,36). The molecule has 0 unspecified atom stereocenters. The number of hydrogen-bond donors (Lipinski definition) is 2. The molecule has 0 amide bonds. The van der Waals surface area contributed by atoms with Crippen LogP contribution in [0.4, 0.5) is 5.69 Å². The number of ether oxygens (including phenoxy) is 1. The van der Waals surface area contributed by atoms with Crippen molar-refractivity contribution in [3.63, 3.8) is 0 Å². The smallest absolute Gasteiger partial charge is 0.335 e. The first kappa shape index (κ1) is 24.8. The number of hydrazine groups is 1. The fraction of sp³-hybridized carbons (Fsp3) is 0.167. The van der Waals surface area contributed by atoms with Crippen LogP contribution in [0.15, 0.2) is 65.7 Å². The summed E-state index contributed by atoms with van der Waals surface area (Å²) in [6, 6.07) is 13.3. The van der Waals surface area contributed by atoms with E-state index in [9.17, 15) is 14.7 Å². The van der Waals surface area contributed by atoms with Gasteiger partial charge in [-0.1, -0.05) is 34.5 Å². The first-order valence-electron chi connectivity index (χ1n) is 11.1. The monoisotopic (exact) mass is 541 g/mol. The zero-order valence-electron chi connectivity index (χ0n) is 19.5. The van der Waals surface area contributed by atoms with Crippen LogP contribution < -0.4 is 20.7 Å². The summed E-state index contributed by atoms with van der Waals surface area (Å²) in [6.45, 7) is 1.17. The van der Waals surface area contributed by atoms with Crippen LogP contribution >= 0.6 is 23.2 Å². The maximum absolute atomic E-state index is 13.2. The van der Waals surface area contributed by atoms with Gasteiger partial charge < -0.3 is 9.84 Å². The molecule has 0 atom stereocenters. The molecule has 4 aromatic rings. The Morgan fingerprint density at radius 3 is 2.70 bits per heavy atom. The highest BCUT2D eigenvalue weighted by Crippen LogP contribution is 2.35. The average Bonchev–Trinajstić information content (AvgIpc) is 3.54. The molecule has 11 nitrogen and oxygen atoms in total. The highest BCUT2D eigenvalue weighted by atomic mass is 35.5. The molecule has 1 aliphatic rings. The van der Waals surface area contributed by atoms with Crippen LogP contribution in [0.3, 0.4) is 0 Å². The Morgan fingerprint density at radius 2 is 1.97 bits per heavy atom. The zero-order valence-corrected chi connectivity index (χ0v) is 21.0. The fourth-order valence-electron chi connectivity index (χ4n) is 4.10. The number of benzene rings is 2. The number of carbonyl (C=O) groups is 1. The van der Waals surface area contributed by atoms with Crippen molar-refractivity contribution >= 4 is 34.9 Å². The van der Waals surface area contributed by atoms with Gasteiger partial charge in [0.1, 0.15) is 5.75 Å². The molecule has 2 aromatic carbocycles. The van der Waals surface area contributed by atoms with Crippen LogP contribution in [0, 0.1) is 0 Å². The molecule has 0 spiro atoms. The van der Waals surface area contributed by atoms with Gasteiger partial charge in [0.05, 0.1) is 56.4 Å². The van der Waals surface area contributed by atoms with Gasteiger partial charge in [-0.3, -0.25) is 19.3 Å². The molecule has 2 N–H and O–H groups in total. The number of halogens is 2. The summed E-state index contributed by atoms with van der Waals surface area (Å²) in [5, 5.41) is 19.6. The van der Waals surface area contributed by atoms with E-state index in [-0.39, 0.29) is 22.9 Å². The Labute approximate surface area is 221 Å². The predicted molar refractivity (Wildman–Crippen MR) is 138 cm³/mol. The minimum atomic E-state index is -0.994. The maximum Gasteiger partial charge on any atom is 0.335 e.